The van der Waals surface area contributed by atoms with E-state index in [2.05, 4.69) is 50.2 Å². The third-order valence-electron chi connectivity index (χ3n) is 4.42. The van der Waals surface area contributed by atoms with Crippen LogP contribution in [0.3, 0.4) is 0 Å². The maximum absolute atomic E-state index is 10.6. The highest BCUT2D eigenvalue weighted by Crippen LogP contribution is 2.32. The number of hydrogen-bond donors (Lipinski definition) is 0. The zero-order chi connectivity index (χ0) is 16.9. The Morgan fingerprint density at radius 1 is 0.958 bits per heavy atom. The van der Waals surface area contributed by atoms with Crippen molar-refractivity contribution >= 4 is 17.1 Å². The quantitative estimate of drug-likeness (QED) is 0.550. The van der Waals surface area contributed by atoms with Gasteiger partial charge >= 0.3 is 0 Å². The van der Waals surface area contributed by atoms with Gasteiger partial charge in [0.05, 0.1) is 0 Å². The van der Waals surface area contributed by atoms with Crippen molar-refractivity contribution in [2.24, 2.45) is 0 Å². The summed E-state index contributed by atoms with van der Waals surface area (Å²) in [7, 11) is 0. The van der Waals surface area contributed by atoms with E-state index in [0.29, 0.717) is 6.42 Å². The van der Waals surface area contributed by atoms with Gasteiger partial charge in [-0.1, -0.05) is 43.3 Å². The minimum atomic E-state index is 0.565. The fraction of sp³-hybridized carbons (Fsp3) is 0.227. The summed E-state index contributed by atoms with van der Waals surface area (Å²) in [6, 6.07) is 18.6. The summed E-state index contributed by atoms with van der Waals surface area (Å²) in [5, 5.41) is 2.34. The van der Waals surface area contributed by atoms with Gasteiger partial charge in [0.2, 0.25) is 0 Å². The van der Waals surface area contributed by atoms with Crippen molar-refractivity contribution in [1.29, 1.82) is 0 Å². The highest BCUT2D eigenvalue weighted by Gasteiger charge is 2.08. The van der Waals surface area contributed by atoms with E-state index in [9.17, 15) is 4.79 Å². The molecule has 0 saturated heterocycles. The maximum atomic E-state index is 10.6. The van der Waals surface area contributed by atoms with Crippen LogP contribution in [0.25, 0.3) is 10.8 Å². The number of fused-ring (bicyclic) bond motifs is 1. The van der Waals surface area contributed by atoms with Crippen LogP contribution in [0.15, 0.2) is 54.6 Å². The van der Waals surface area contributed by atoms with Crippen LogP contribution in [0.1, 0.15) is 30.0 Å². The van der Waals surface area contributed by atoms with Crippen molar-refractivity contribution in [2.45, 2.75) is 33.1 Å². The molecule has 2 nitrogen and oxygen atoms in total. The molecule has 0 bridgehead atoms. The molecule has 0 aliphatic heterocycles. The summed E-state index contributed by atoms with van der Waals surface area (Å²) < 4.78 is 6.18. The topological polar surface area (TPSA) is 26.3 Å². The minimum Gasteiger partial charge on any atom is -0.457 e. The summed E-state index contributed by atoms with van der Waals surface area (Å²) in [6.45, 7) is 4.24. The molecule has 24 heavy (non-hydrogen) atoms. The predicted octanol–water partition coefficient (Wildman–Crippen LogP) is 5.63. The van der Waals surface area contributed by atoms with Crippen LogP contribution in [0, 0.1) is 6.92 Å². The van der Waals surface area contributed by atoms with Crippen LogP contribution in [-0.2, 0) is 17.6 Å². The molecule has 0 N–H and O–H groups in total. The first-order chi connectivity index (χ1) is 11.7. The summed E-state index contributed by atoms with van der Waals surface area (Å²) in [4.78, 5) is 10.6. The van der Waals surface area contributed by atoms with E-state index in [1.807, 2.05) is 18.2 Å². The Kier molecular flexibility index (Phi) is 4.95. The van der Waals surface area contributed by atoms with Gasteiger partial charge in [-0.3, -0.25) is 0 Å². The molecular formula is C22H22O2. The number of carbonyl (C=O) groups excluding carboxylic acids is 1. The lowest BCUT2D eigenvalue weighted by Crippen LogP contribution is -1.95. The molecule has 3 aromatic carbocycles. The lowest BCUT2D eigenvalue weighted by atomic mass is 10.0. The molecular weight excluding hydrogens is 296 g/mol. The smallest absolute Gasteiger partial charge is 0.135 e. The van der Waals surface area contributed by atoms with Crippen molar-refractivity contribution in [3.8, 4) is 11.5 Å². The first-order valence-electron chi connectivity index (χ1n) is 8.44. The van der Waals surface area contributed by atoms with E-state index in [1.54, 1.807) is 0 Å². The minimum absolute atomic E-state index is 0.565. The molecule has 3 aromatic rings. The number of aldehydes is 1. The normalized spacial score (nSPS) is 10.8. The van der Waals surface area contributed by atoms with Gasteiger partial charge in [0.25, 0.3) is 0 Å². The van der Waals surface area contributed by atoms with Crippen molar-refractivity contribution < 1.29 is 9.53 Å². The van der Waals surface area contributed by atoms with Crippen LogP contribution >= 0.6 is 0 Å². The average Bonchev–Trinajstić information content (AvgIpc) is 2.63. The maximum Gasteiger partial charge on any atom is 0.135 e. The molecule has 0 unspecified atom stereocenters. The van der Waals surface area contributed by atoms with Gasteiger partial charge in [-0.15, -0.1) is 0 Å². The standard InChI is InChI=1S/C22H22O2/c1-3-17-15-19(12-11-18(17)7-6-14-23)24-22-13-10-16(2)20-8-4-5-9-21(20)22/h4-5,8-15H,3,6-7H2,1-2H3. The van der Waals surface area contributed by atoms with E-state index in [-0.39, 0.29) is 0 Å². The van der Waals surface area contributed by atoms with Crippen LogP contribution in [0.4, 0.5) is 0 Å². The van der Waals surface area contributed by atoms with E-state index in [4.69, 9.17) is 4.74 Å². The zero-order valence-electron chi connectivity index (χ0n) is 14.2. The molecule has 0 atom stereocenters. The van der Waals surface area contributed by atoms with Gasteiger partial charge in [-0.25, -0.2) is 0 Å². The van der Waals surface area contributed by atoms with Crippen molar-refractivity contribution in [3.05, 3.63) is 71.3 Å². The Morgan fingerprint density at radius 3 is 2.50 bits per heavy atom. The van der Waals surface area contributed by atoms with Crippen molar-refractivity contribution in [3.63, 3.8) is 0 Å². The molecule has 0 saturated carbocycles. The summed E-state index contributed by atoms with van der Waals surface area (Å²) in [6.07, 6.45) is 3.26. The van der Waals surface area contributed by atoms with E-state index >= 15 is 0 Å². The van der Waals surface area contributed by atoms with Crippen molar-refractivity contribution in [1.82, 2.24) is 0 Å². The SMILES string of the molecule is CCc1cc(Oc2ccc(C)c3ccccc23)ccc1CCC=O. The largest absolute Gasteiger partial charge is 0.457 e. The molecule has 0 heterocycles. The lowest BCUT2D eigenvalue weighted by Gasteiger charge is -2.13. The summed E-state index contributed by atoms with van der Waals surface area (Å²) in [5.41, 5.74) is 3.72. The van der Waals surface area contributed by atoms with Gasteiger partial charge in [0, 0.05) is 11.8 Å². The van der Waals surface area contributed by atoms with Crippen LogP contribution in [0.5, 0.6) is 11.5 Å². The molecule has 0 fully saturated rings. The summed E-state index contributed by atoms with van der Waals surface area (Å²) >= 11 is 0. The van der Waals surface area contributed by atoms with Gasteiger partial charge in [-0.2, -0.15) is 0 Å². The highest BCUT2D eigenvalue weighted by atomic mass is 16.5. The second-order valence-electron chi connectivity index (χ2n) is 6.02. The van der Waals surface area contributed by atoms with Gasteiger partial charge in [-0.05, 0) is 60.0 Å². The predicted molar refractivity (Wildman–Crippen MR) is 99.0 cm³/mol. The van der Waals surface area contributed by atoms with E-state index < -0.39 is 0 Å². The Labute approximate surface area is 143 Å². The van der Waals surface area contributed by atoms with Gasteiger partial charge in [0.1, 0.15) is 17.8 Å². The number of hydrogen-bond acceptors (Lipinski definition) is 2. The zero-order valence-corrected chi connectivity index (χ0v) is 14.2. The first kappa shape index (κ1) is 16.3. The van der Waals surface area contributed by atoms with Crippen LogP contribution < -0.4 is 4.74 Å². The second kappa shape index (κ2) is 7.31. The van der Waals surface area contributed by atoms with E-state index in [1.165, 1.54) is 22.1 Å². The first-order valence-corrected chi connectivity index (χ1v) is 8.44. The molecule has 0 spiro atoms. The number of benzene rings is 3. The fourth-order valence-electron chi connectivity index (χ4n) is 3.09. The van der Waals surface area contributed by atoms with Gasteiger partial charge < -0.3 is 9.53 Å². The summed E-state index contributed by atoms with van der Waals surface area (Å²) in [5.74, 6) is 1.72. The number of rotatable bonds is 6. The van der Waals surface area contributed by atoms with Gasteiger partial charge in [0.15, 0.2) is 0 Å². The lowest BCUT2D eigenvalue weighted by molar-refractivity contribution is -0.107. The molecule has 2 heteroatoms. The fourth-order valence-corrected chi connectivity index (χ4v) is 3.09. The molecule has 0 radical (unpaired) electrons. The molecule has 0 aliphatic rings. The molecule has 0 amide bonds. The Morgan fingerprint density at radius 2 is 1.75 bits per heavy atom. The van der Waals surface area contributed by atoms with Crippen LogP contribution in [0.2, 0.25) is 0 Å². The number of aryl methyl sites for hydroxylation is 3. The molecule has 122 valence electrons. The van der Waals surface area contributed by atoms with Crippen molar-refractivity contribution in [2.75, 3.05) is 0 Å². The van der Waals surface area contributed by atoms with Crippen LogP contribution in [-0.4, -0.2) is 6.29 Å². The third-order valence-corrected chi connectivity index (χ3v) is 4.42. The molecule has 3 rings (SSSR count). The second-order valence-corrected chi connectivity index (χ2v) is 6.02. The Bertz CT molecular complexity index is 865. The average molecular weight is 318 g/mol. The molecule has 0 aromatic heterocycles. The highest BCUT2D eigenvalue weighted by molar-refractivity contribution is 5.91. The molecule has 0 aliphatic carbocycles. The number of carbonyl (C=O) groups is 1. The monoisotopic (exact) mass is 318 g/mol. The number of ether oxygens (including phenoxy) is 1. The Hall–Kier alpha value is -2.61. The third kappa shape index (κ3) is 3.33. The van der Waals surface area contributed by atoms with E-state index in [0.717, 1.165) is 36.0 Å². The Balaban J connectivity index is 1.94.